The number of carbonyl (C=O) groups excluding carboxylic acids is 2. The van der Waals surface area contributed by atoms with Gasteiger partial charge in [0.1, 0.15) is 0 Å². The lowest BCUT2D eigenvalue weighted by atomic mass is 10.0. The van der Waals surface area contributed by atoms with Crippen molar-refractivity contribution in [1.82, 2.24) is 5.32 Å². The van der Waals surface area contributed by atoms with Gasteiger partial charge in [-0.2, -0.15) is 0 Å². The lowest BCUT2D eigenvalue weighted by Gasteiger charge is -2.22. The normalized spacial score (nSPS) is 12.7. The van der Waals surface area contributed by atoms with Gasteiger partial charge < -0.3 is 20.3 Å². The molecule has 77 heavy (non-hydrogen) atoms. The van der Waals surface area contributed by atoms with E-state index in [1.54, 1.807) is 0 Å². The Morgan fingerprint density at radius 3 is 1.00 bits per heavy atom. The first kappa shape index (κ1) is 75.1. The molecule has 0 heterocycles. The third-order valence-corrected chi connectivity index (χ3v) is 16.2. The molecule has 6 heteroatoms. The molecule has 3 N–H and O–H groups in total. The van der Waals surface area contributed by atoms with E-state index in [9.17, 15) is 19.8 Å². The minimum atomic E-state index is -0.667. The first-order chi connectivity index (χ1) is 38.0. The van der Waals surface area contributed by atoms with Crippen molar-refractivity contribution in [2.45, 2.75) is 392 Å². The summed E-state index contributed by atoms with van der Waals surface area (Å²) in [4.78, 5) is 24.6. The van der Waals surface area contributed by atoms with Crippen molar-refractivity contribution < 1.29 is 24.5 Å². The molecule has 0 bridgehead atoms. The van der Waals surface area contributed by atoms with Gasteiger partial charge in [-0.3, -0.25) is 9.59 Å². The number of aliphatic hydroxyl groups excluding tert-OH is 2. The van der Waals surface area contributed by atoms with Crippen molar-refractivity contribution in [3.63, 3.8) is 0 Å². The van der Waals surface area contributed by atoms with Crippen molar-refractivity contribution in [3.8, 4) is 0 Å². The highest BCUT2D eigenvalue weighted by atomic mass is 16.5. The molecule has 0 aromatic heterocycles. The van der Waals surface area contributed by atoms with Crippen molar-refractivity contribution >= 4 is 11.9 Å². The first-order valence-corrected chi connectivity index (χ1v) is 34.7. The van der Waals surface area contributed by atoms with Crippen molar-refractivity contribution in [2.75, 3.05) is 13.2 Å². The topological polar surface area (TPSA) is 95.9 Å². The Labute approximate surface area is 481 Å². The van der Waals surface area contributed by atoms with E-state index in [4.69, 9.17) is 4.74 Å². The van der Waals surface area contributed by atoms with Crippen LogP contribution >= 0.6 is 0 Å². The monoisotopic (exact) mass is 1080 g/mol. The predicted molar refractivity (Wildman–Crippen MR) is 338 cm³/mol. The molecule has 0 radical (unpaired) electrons. The number of amides is 1. The fourth-order valence-electron chi connectivity index (χ4n) is 10.8. The second kappa shape index (κ2) is 66.6. The van der Waals surface area contributed by atoms with Crippen molar-refractivity contribution in [3.05, 3.63) is 36.5 Å². The fraction of sp³-hybridized carbons (Fsp3) is 0.887. The second-order valence-electron chi connectivity index (χ2n) is 23.9. The number of unbranched alkanes of at least 4 members (excludes halogenated alkanes) is 48. The maximum Gasteiger partial charge on any atom is 0.305 e. The first-order valence-electron chi connectivity index (χ1n) is 34.7. The summed E-state index contributed by atoms with van der Waals surface area (Å²) in [5.74, 6) is -0.0279. The van der Waals surface area contributed by atoms with Crippen LogP contribution in [0.5, 0.6) is 0 Å². The number of nitrogens with one attached hydrogen (secondary N) is 1. The molecule has 1 amide bonds. The van der Waals surface area contributed by atoms with Crippen LogP contribution in [0.25, 0.3) is 0 Å². The molecule has 6 nitrogen and oxygen atoms in total. The number of hydrogen-bond acceptors (Lipinski definition) is 5. The van der Waals surface area contributed by atoms with Crippen LogP contribution in [-0.4, -0.2) is 47.4 Å². The predicted octanol–water partition coefficient (Wildman–Crippen LogP) is 22.3. The minimum Gasteiger partial charge on any atom is -0.466 e. The van der Waals surface area contributed by atoms with Gasteiger partial charge in [0.2, 0.25) is 5.91 Å². The number of allylic oxidation sites excluding steroid dienone is 6. The van der Waals surface area contributed by atoms with Gasteiger partial charge in [-0.25, -0.2) is 0 Å². The average molecular weight is 1080 g/mol. The third-order valence-electron chi connectivity index (χ3n) is 16.2. The number of carbonyl (C=O) groups is 2. The van der Waals surface area contributed by atoms with Gasteiger partial charge in [0.25, 0.3) is 0 Å². The highest BCUT2D eigenvalue weighted by Crippen LogP contribution is 2.18. The number of rotatable bonds is 65. The second-order valence-corrected chi connectivity index (χ2v) is 23.9. The zero-order valence-electron chi connectivity index (χ0n) is 52.0. The van der Waals surface area contributed by atoms with E-state index < -0.39 is 12.1 Å². The number of esters is 1. The van der Waals surface area contributed by atoms with E-state index in [0.717, 1.165) is 51.4 Å². The summed E-state index contributed by atoms with van der Waals surface area (Å²) in [5, 5.41) is 23.3. The lowest BCUT2D eigenvalue weighted by Crippen LogP contribution is -2.45. The maximum absolute atomic E-state index is 12.5. The van der Waals surface area contributed by atoms with E-state index in [0.29, 0.717) is 25.9 Å². The van der Waals surface area contributed by atoms with Crippen LogP contribution in [0, 0.1) is 0 Å². The number of ether oxygens (including phenoxy) is 1. The van der Waals surface area contributed by atoms with Gasteiger partial charge in [-0.1, -0.05) is 320 Å². The molecule has 0 fully saturated rings. The highest BCUT2D eigenvalue weighted by Gasteiger charge is 2.20. The third kappa shape index (κ3) is 63.1. The number of hydrogen-bond donors (Lipinski definition) is 3. The van der Waals surface area contributed by atoms with Gasteiger partial charge in [-0.15, -0.1) is 0 Å². The van der Waals surface area contributed by atoms with E-state index >= 15 is 0 Å². The van der Waals surface area contributed by atoms with Gasteiger partial charge in [0, 0.05) is 12.8 Å². The summed E-state index contributed by atoms with van der Waals surface area (Å²) < 4.78 is 5.49. The molecule has 0 saturated heterocycles. The molecule has 0 saturated carbocycles. The molecule has 0 aromatic carbocycles. The van der Waals surface area contributed by atoms with Crippen molar-refractivity contribution in [2.24, 2.45) is 0 Å². The van der Waals surface area contributed by atoms with E-state index in [-0.39, 0.29) is 18.5 Å². The molecule has 0 aromatic rings. The molecule has 0 aliphatic carbocycles. The lowest BCUT2D eigenvalue weighted by molar-refractivity contribution is -0.143. The highest BCUT2D eigenvalue weighted by molar-refractivity contribution is 5.76. The van der Waals surface area contributed by atoms with E-state index in [2.05, 4.69) is 55.6 Å². The van der Waals surface area contributed by atoms with Crippen LogP contribution in [0.2, 0.25) is 0 Å². The van der Waals surface area contributed by atoms with Crippen LogP contribution in [0.1, 0.15) is 380 Å². The summed E-state index contributed by atoms with van der Waals surface area (Å²) >= 11 is 0. The van der Waals surface area contributed by atoms with Crippen LogP contribution in [0.3, 0.4) is 0 Å². The Kier molecular flexibility index (Phi) is 64.9. The van der Waals surface area contributed by atoms with Crippen LogP contribution < -0.4 is 5.32 Å². The van der Waals surface area contributed by atoms with Crippen LogP contribution in [-0.2, 0) is 14.3 Å². The smallest absolute Gasteiger partial charge is 0.305 e. The molecule has 0 aliphatic heterocycles. The Morgan fingerprint density at radius 2 is 0.649 bits per heavy atom. The minimum absolute atomic E-state index is 0.00774. The SMILES string of the molecule is CCCCCCCC/C=C\CCCCCCCCCC(=O)OCCCCCCCCCCC/C=C\C/C=C\CCCCCCCCCCCCCC(=O)NC(CO)C(O)CCCCCCCCCCCCCCCCCC. The average Bonchev–Trinajstić information content (AvgIpc) is 3.43. The fourth-order valence-corrected chi connectivity index (χ4v) is 10.8. The Bertz CT molecular complexity index is 1250. The summed E-state index contributed by atoms with van der Waals surface area (Å²) in [6.07, 6.45) is 84.7. The van der Waals surface area contributed by atoms with Crippen LogP contribution in [0.4, 0.5) is 0 Å². The maximum atomic E-state index is 12.5. The van der Waals surface area contributed by atoms with E-state index in [1.165, 1.54) is 295 Å². The molecular formula is C71H135NO5. The molecule has 2 atom stereocenters. The zero-order valence-corrected chi connectivity index (χ0v) is 52.0. The Balaban J connectivity index is 3.41. The summed E-state index contributed by atoms with van der Waals surface area (Å²) in [7, 11) is 0. The molecule has 0 spiro atoms. The van der Waals surface area contributed by atoms with Crippen molar-refractivity contribution in [1.29, 1.82) is 0 Å². The summed E-state index contributed by atoms with van der Waals surface area (Å²) in [6, 6.07) is -0.544. The van der Waals surface area contributed by atoms with Gasteiger partial charge in [0.15, 0.2) is 0 Å². The van der Waals surface area contributed by atoms with Gasteiger partial charge >= 0.3 is 5.97 Å². The largest absolute Gasteiger partial charge is 0.466 e. The quantitative estimate of drug-likeness (QED) is 0.0320. The summed E-state index contributed by atoms with van der Waals surface area (Å²) in [5.41, 5.74) is 0. The summed E-state index contributed by atoms with van der Waals surface area (Å²) in [6.45, 7) is 4.97. The molecule has 454 valence electrons. The molecule has 0 rings (SSSR count). The Morgan fingerprint density at radius 1 is 0.364 bits per heavy atom. The van der Waals surface area contributed by atoms with Gasteiger partial charge in [-0.05, 0) is 83.5 Å². The van der Waals surface area contributed by atoms with Crippen LogP contribution in [0.15, 0.2) is 36.5 Å². The zero-order chi connectivity index (χ0) is 55.7. The molecular weight excluding hydrogens is 947 g/mol. The molecule has 0 aliphatic rings. The number of aliphatic hydroxyl groups is 2. The van der Waals surface area contributed by atoms with E-state index in [1.807, 2.05) is 0 Å². The standard InChI is InChI=1S/C71H135NO5/c1-3-5-7-9-11-13-15-17-19-32-37-41-45-49-53-57-61-65-71(76)77-66-62-58-54-50-46-42-38-34-31-29-27-25-23-21-22-24-26-28-30-33-36-40-44-48-52-56-60-64-70(75)72-68(67-73)69(74)63-59-55-51-47-43-39-35-20-18-16-14-12-10-8-6-4-2/h17,19,21-22,25,27,68-69,73-74H,3-16,18,20,23-24,26,28-67H2,1-2H3,(H,72,75)/b19-17-,22-21-,27-25-. The van der Waals surface area contributed by atoms with Gasteiger partial charge in [0.05, 0.1) is 25.4 Å². The Hall–Kier alpha value is -1.92. The molecule has 2 unspecified atom stereocenters.